The molecule has 0 radical (unpaired) electrons. The summed E-state index contributed by atoms with van der Waals surface area (Å²) in [6.07, 6.45) is 2.53. The summed E-state index contributed by atoms with van der Waals surface area (Å²) >= 11 is 0. The molecule has 0 bridgehead atoms. The number of benzene rings is 1. The van der Waals surface area contributed by atoms with Gasteiger partial charge in [0.05, 0.1) is 6.20 Å². The molecule has 1 atom stereocenters. The van der Waals surface area contributed by atoms with Crippen molar-refractivity contribution < 1.29 is 13.2 Å². The topological polar surface area (TPSA) is 73.2 Å². The highest BCUT2D eigenvalue weighted by Crippen LogP contribution is 2.29. The van der Waals surface area contributed by atoms with Gasteiger partial charge in [-0.2, -0.15) is 5.10 Å². The van der Waals surface area contributed by atoms with Crippen LogP contribution in [-0.4, -0.2) is 24.3 Å². The fourth-order valence-corrected chi connectivity index (χ4v) is 3.82. The number of sulfonamides is 1. The van der Waals surface area contributed by atoms with Crippen molar-refractivity contribution in [2.45, 2.75) is 44.5 Å². The number of fused-ring (bicyclic) bond motifs is 1. The minimum atomic E-state index is -3.56. The van der Waals surface area contributed by atoms with Crippen LogP contribution in [0, 0.1) is 0 Å². The average molecular weight is 321 g/mol. The molecule has 1 aliphatic heterocycles. The van der Waals surface area contributed by atoms with Crippen molar-refractivity contribution in [2.75, 3.05) is 0 Å². The summed E-state index contributed by atoms with van der Waals surface area (Å²) in [6, 6.07) is 7.29. The molecule has 1 N–H and O–H groups in total. The summed E-state index contributed by atoms with van der Waals surface area (Å²) in [7, 11) is -3.56. The van der Waals surface area contributed by atoms with Crippen molar-refractivity contribution in [1.82, 2.24) is 14.5 Å². The largest absolute Gasteiger partial charge is 0.490 e. The van der Waals surface area contributed by atoms with Crippen molar-refractivity contribution in [1.29, 1.82) is 0 Å². The average Bonchev–Trinajstić information content (AvgIpc) is 3.09. The molecule has 2 heterocycles. The first kappa shape index (κ1) is 15.1. The van der Waals surface area contributed by atoms with Gasteiger partial charge in [0.25, 0.3) is 10.0 Å². The van der Waals surface area contributed by atoms with E-state index in [9.17, 15) is 8.42 Å². The van der Waals surface area contributed by atoms with E-state index in [2.05, 4.69) is 9.82 Å². The normalized spacial score (nSPS) is 17.3. The van der Waals surface area contributed by atoms with Gasteiger partial charge >= 0.3 is 0 Å². The summed E-state index contributed by atoms with van der Waals surface area (Å²) in [4.78, 5) is 0. The van der Waals surface area contributed by atoms with Gasteiger partial charge in [0.2, 0.25) is 0 Å². The number of ether oxygens (including phenoxy) is 1. The SMILES string of the molecule is CCn1nccc1S(=O)(=O)NCc1ccc2c(c1)CC(C)O2. The third-order valence-corrected chi connectivity index (χ3v) is 5.10. The molecule has 7 heteroatoms. The van der Waals surface area contributed by atoms with E-state index in [1.54, 1.807) is 0 Å². The number of aryl methyl sites for hydroxylation is 1. The highest BCUT2D eigenvalue weighted by Gasteiger charge is 2.21. The second kappa shape index (κ2) is 5.73. The monoisotopic (exact) mass is 321 g/mol. The quantitative estimate of drug-likeness (QED) is 0.910. The fourth-order valence-electron chi connectivity index (χ4n) is 2.62. The molecule has 6 nitrogen and oxygen atoms in total. The Morgan fingerprint density at radius 2 is 2.23 bits per heavy atom. The molecule has 1 aromatic heterocycles. The van der Waals surface area contributed by atoms with Crippen molar-refractivity contribution in [2.24, 2.45) is 0 Å². The van der Waals surface area contributed by atoms with E-state index < -0.39 is 10.0 Å². The molecule has 0 amide bonds. The van der Waals surface area contributed by atoms with Gasteiger partial charge in [-0.3, -0.25) is 4.68 Å². The van der Waals surface area contributed by atoms with Gasteiger partial charge in [0, 0.05) is 19.5 Å². The van der Waals surface area contributed by atoms with Crippen LogP contribution in [0.5, 0.6) is 5.75 Å². The van der Waals surface area contributed by atoms with Crippen LogP contribution in [0.1, 0.15) is 25.0 Å². The molecule has 0 fully saturated rings. The molecule has 2 aromatic rings. The summed E-state index contributed by atoms with van der Waals surface area (Å²) < 4.78 is 34.4. The summed E-state index contributed by atoms with van der Waals surface area (Å²) in [6.45, 7) is 4.64. The molecule has 1 aliphatic rings. The predicted octanol–water partition coefficient (Wildman–Crippen LogP) is 1.70. The minimum Gasteiger partial charge on any atom is -0.490 e. The Morgan fingerprint density at radius 1 is 1.41 bits per heavy atom. The van der Waals surface area contributed by atoms with Crippen LogP contribution in [0.4, 0.5) is 0 Å². The van der Waals surface area contributed by atoms with E-state index in [-0.39, 0.29) is 17.7 Å². The lowest BCUT2D eigenvalue weighted by molar-refractivity contribution is 0.254. The van der Waals surface area contributed by atoms with Crippen LogP contribution >= 0.6 is 0 Å². The third kappa shape index (κ3) is 2.86. The van der Waals surface area contributed by atoms with E-state index in [4.69, 9.17) is 4.74 Å². The Hall–Kier alpha value is -1.86. The van der Waals surface area contributed by atoms with Crippen LogP contribution in [0.25, 0.3) is 0 Å². The number of rotatable bonds is 5. The highest BCUT2D eigenvalue weighted by atomic mass is 32.2. The Labute approximate surface area is 130 Å². The maximum absolute atomic E-state index is 12.3. The molecule has 22 heavy (non-hydrogen) atoms. The minimum absolute atomic E-state index is 0.181. The van der Waals surface area contributed by atoms with Crippen molar-refractivity contribution in [3.63, 3.8) is 0 Å². The maximum atomic E-state index is 12.3. The number of hydrogen-bond donors (Lipinski definition) is 1. The zero-order valence-electron chi connectivity index (χ0n) is 12.6. The van der Waals surface area contributed by atoms with Gasteiger partial charge in [-0.05, 0) is 37.1 Å². The Kier molecular flexibility index (Phi) is 3.92. The molecule has 0 aliphatic carbocycles. The second-order valence-electron chi connectivity index (χ2n) is 5.38. The molecule has 0 saturated carbocycles. The Bertz CT molecular complexity index is 783. The van der Waals surface area contributed by atoms with Gasteiger partial charge in [-0.15, -0.1) is 0 Å². The smallest absolute Gasteiger partial charge is 0.258 e. The van der Waals surface area contributed by atoms with E-state index in [1.165, 1.54) is 16.9 Å². The zero-order chi connectivity index (χ0) is 15.7. The van der Waals surface area contributed by atoms with E-state index in [1.807, 2.05) is 32.0 Å². The van der Waals surface area contributed by atoms with Crippen molar-refractivity contribution in [3.8, 4) is 5.75 Å². The van der Waals surface area contributed by atoms with Crippen LogP contribution in [0.3, 0.4) is 0 Å². The van der Waals surface area contributed by atoms with Crippen LogP contribution in [0.15, 0.2) is 35.5 Å². The van der Waals surface area contributed by atoms with Crippen LogP contribution in [0.2, 0.25) is 0 Å². The standard InChI is InChI=1S/C15H19N3O3S/c1-3-18-15(6-7-16-18)22(19,20)17-10-12-4-5-14-13(9-12)8-11(2)21-14/h4-7,9,11,17H,3,8,10H2,1-2H3. The van der Waals surface area contributed by atoms with Gasteiger partial charge in [-0.25, -0.2) is 13.1 Å². The van der Waals surface area contributed by atoms with E-state index >= 15 is 0 Å². The number of nitrogens with zero attached hydrogens (tertiary/aromatic N) is 2. The van der Waals surface area contributed by atoms with Gasteiger partial charge < -0.3 is 4.74 Å². The maximum Gasteiger partial charge on any atom is 0.258 e. The fraction of sp³-hybridized carbons (Fsp3) is 0.400. The summed E-state index contributed by atoms with van der Waals surface area (Å²) in [5.41, 5.74) is 2.05. The third-order valence-electron chi connectivity index (χ3n) is 3.68. The highest BCUT2D eigenvalue weighted by molar-refractivity contribution is 7.89. The molecule has 118 valence electrons. The molecule has 1 aromatic carbocycles. The first-order valence-corrected chi connectivity index (χ1v) is 8.78. The Balaban J connectivity index is 1.74. The van der Waals surface area contributed by atoms with Crippen molar-refractivity contribution in [3.05, 3.63) is 41.6 Å². The van der Waals surface area contributed by atoms with E-state index in [0.717, 1.165) is 23.3 Å². The molecule has 0 saturated heterocycles. The summed E-state index contributed by atoms with van der Waals surface area (Å²) in [5, 5.41) is 4.18. The number of aromatic nitrogens is 2. The van der Waals surface area contributed by atoms with E-state index in [0.29, 0.717) is 6.54 Å². The molecule has 1 unspecified atom stereocenters. The molecular weight excluding hydrogens is 302 g/mol. The van der Waals surface area contributed by atoms with Gasteiger partial charge in [-0.1, -0.05) is 12.1 Å². The number of nitrogens with one attached hydrogen (secondary N) is 1. The van der Waals surface area contributed by atoms with Crippen molar-refractivity contribution >= 4 is 10.0 Å². The predicted molar refractivity (Wildman–Crippen MR) is 82.2 cm³/mol. The number of hydrogen-bond acceptors (Lipinski definition) is 4. The lowest BCUT2D eigenvalue weighted by Gasteiger charge is -2.09. The first-order chi connectivity index (χ1) is 10.5. The van der Waals surface area contributed by atoms with Crippen LogP contribution < -0.4 is 9.46 Å². The Morgan fingerprint density at radius 3 is 3.00 bits per heavy atom. The van der Waals surface area contributed by atoms with Crippen LogP contribution in [-0.2, 0) is 29.5 Å². The van der Waals surface area contributed by atoms with Gasteiger partial charge in [0.1, 0.15) is 11.9 Å². The molecular formula is C15H19N3O3S. The lowest BCUT2D eigenvalue weighted by Crippen LogP contribution is -2.25. The molecule has 3 rings (SSSR count). The summed E-state index contributed by atoms with van der Waals surface area (Å²) in [5.74, 6) is 0.892. The second-order valence-corrected chi connectivity index (χ2v) is 7.10. The lowest BCUT2D eigenvalue weighted by atomic mass is 10.1. The zero-order valence-corrected chi connectivity index (χ0v) is 13.4. The first-order valence-electron chi connectivity index (χ1n) is 7.29. The van der Waals surface area contributed by atoms with Gasteiger partial charge in [0.15, 0.2) is 5.03 Å². The molecule has 0 spiro atoms.